The van der Waals surface area contributed by atoms with Gasteiger partial charge in [0, 0.05) is 19.1 Å². The molecule has 0 atom stereocenters. The lowest BCUT2D eigenvalue weighted by atomic mass is 10.3. The van der Waals surface area contributed by atoms with Crippen LogP contribution in [0.15, 0.2) is 0 Å². The third-order valence-electron chi connectivity index (χ3n) is 1.82. The molecule has 0 amide bonds. The van der Waals surface area contributed by atoms with Gasteiger partial charge in [0.05, 0.1) is 0 Å². The van der Waals surface area contributed by atoms with Crippen molar-refractivity contribution >= 4 is 0 Å². The molecular weight excluding hydrogens is 162 g/mol. The molecule has 3 heteroatoms. The molecule has 0 heterocycles. The van der Waals surface area contributed by atoms with Gasteiger partial charge in [-0.25, -0.2) is 0 Å². The normalized spacial score (nSPS) is 11.5. The van der Waals surface area contributed by atoms with Gasteiger partial charge < -0.3 is 15.5 Å². The van der Waals surface area contributed by atoms with Gasteiger partial charge in [-0.15, -0.1) is 0 Å². The molecule has 0 aliphatic carbocycles. The molecule has 0 aromatic rings. The summed E-state index contributed by atoms with van der Waals surface area (Å²) in [6.07, 6.45) is 1.21. The molecule has 3 nitrogen and oxygen atoms in total. The van der Waals surface area contributed by atoms with E-state index in [1.807, 2.05) is 0 Å². The Bertz CT molecular complexity index is 90.3. The highest BCUT2D eigenvalue weighted by Crippen LogP contribution is 1.79. The third-order valence-corrected chi connectivity index (χ3v) is 1.82. The van der Waals surface area contributed by atoms with E-state index in [0.717, 1.165) is 26.2 Å². The number of hydrogen-bond donors (Lipinski definition) is 2. The average Bonchev–Trinajstić information content (AvgIpc) is 2.01. The van der Waals surface area contributed by atoms with E-state index in [0.29, 0.717) is 6.04 Å². The standard InChI is InChI=1S/C10H25N3/c1-10(2)12-7-5-6-11-8-9-13(3)4/h10-12H,5-9H2,1-4H3. The highest BCUT2D eigenvalue weighted by Gasteiger charge is 1.92. The van der Waals surface area contributed by atoms with Crippen molar-refractivity contribution in [2.75, 3.05) is 40.3 Å². The first-order chi connectivity index (χ1) is 6.13. The first-order valence-corrected chi connectivity index (χ1v) is 5.21. The van der Waals surface area contributed by atoms with Gasteiger partial charge in [-0.1, -0.05) is 13.8 Å². The van der Waals surface area contributed by atoms with E-state index in [4.69, 9.17) is 0 Å². The first kappa shape index (κ1) is 12.9. The van der Waals surface area contributed by atoms with Crippen LogP contribution in [0.4, 0.5) is 0 Å². The molecule has 0 spiro atoms. The van der Waals surface area contributed by atoms with Gasteiger partial charge in [-0.3, -0.25) is 0 Å². The summed E-state index contributed by atoms with van der Waals surface area (Å²) in [5.74, 6) is 0. The molecule has 0 saturated carbocycles. The minimum Gasteiger partial charge on any atom is -0.315 e. The van der Waals surface area contributed by atoms with Crippen LogP contribution in [0.2, 0.25) is 0 Å². The van der Waals surface area contributed by atoms with Gasteiger partial charge in [0.2, 0.25) is 0 Å². The Balaban J connectivity index is 2.92. The first-order valence-electron chi connectivity index (χ1n) is 5.21. The average molecular weight is 187 g/mol. The van der Waals surface area contributed by atoms with E-state index in [1.54, 1.807) is 0 Å². The molecule has 0 bridgehead atoms. The largest absolute Gasteiger partial charge is 0.315 e. The van der Waals surface area contributed by atoms with Crippen LogP contribution in [0.3, 0.4) is 0 Å². The van der Waals surface area contributed by atoms with E-state index < -0.39 is 0 Å². The molecule has 13 heavy (non-hydrogen) atoms. The summed E-state index contributed by atoms with van der Waals surface area (Å²) in [4.78, 5) is 2.19. The maximum atomic E-state index is 3.41. The van der Waals surface area contributed by atoms with Crippen LogP contribution in [-0.4, -0.2) is 51.2 Å². The predicted molar refractivity (Wildman–Crippen MR) is 59.2 cm³/mol. The Morgan fingerprint density at radius 2 is 1.77 bits per heavy atom. The zero-order valence-corrected chi connectivity index (χ0v) is 9.56. The van der Waals surface area contributed by atoms with Crippen LogP contribution < -0.4 is 10.6 Å². The molecule has 0 rings (SSSR count). The molecule has 0 fully saturated rings. The van der Waals surface area contributed by atoms with E-state index >= 15 is 0 Å². The lowest BCUT2D eigenvalue weighted by Gasteiger charge is -2.11. The summed E-state index contributed by atoms with van der Waals surface area (Å²) in [6.45, 7) is 8.81. The van der Waals surface area contributed by atoms with E-state index in [9.17, 15) is 0 Å². The van der Waals surface area contributed by atoms with Gasteiger partial charge in [-0.05, 0) is 33.6 Å². The second-order valence-corrected chi connectivity index (χ2v) is 4.02. The fourth-order valence-corrected chi connectivity index (χ4v) is 1.03. The second kappa shape index (κ2) is 8.48. The molecule has 0 saturated heterocycles. The highest BCUT2D eigenvalue weighted by atomic mass is 15.1. The molecule has 0 aromatic carbocycles. The van der Waals surface area contributed by atoms with Crippen LogP contribution in [0.1, 0.15) is 20.3 Å². The lowest BCUT2D eigenvalue weighted by Crippen LogP contribution is -2.30. The fourth-order valence-electron chi connectivity index (χ4n) is 1.03. The van der Waals surface area contributed by atoms with Gasteiger partial charge in [-0.2, -0.15) is 0 Å². The molecule has 0 radical (unpaired) electrons. The predicted octanol–water partition coefficient (Wildman–Crippen LogP) is 0.526. The summed E-state index contributed by atoms with van der Waals surface area (Å²) in [6, 6.07) is 0.613. The van der Waals surface area contributed by atoms with Crippen LogP contribution >= 0.6 is 0 Å². The van der Waals surface area contributed by atoms with Crippen molar-refractivity contribution in [1.82, 2.24) is 15.5 Å². The van der Waals surface area contributed by atoms with Crippen LogP contribution in [0.25, 0.3) is 0 Å². The van der Waals surface area contributed by atoms with Crippen LogP contribution in [0.5, 0.6) is 0 Å². The molecular formula is C10H25N3. The van der Waals surface area contributed by atoms with Crippen molar-refractivity contribution in [2.24, 2.45) is 0 Å². The van der Waals surface area contributed by atoms with Gasteiger partial charge >= 0.3 is 0 Å². The Kier molecular flexibility index (Phi) is 8.40. The number of nitrogens with zero attached hydrogens (tertiary/aromatic N) is 1. The monoisotopic (exact) mass is 187 g/mol. The van der Waals surface area contributed by atoms with Crippen molar-refractivity contribution < 1.29 is 0 Å². The molecule has 0 aliphatic heterocycles. The maximum Gasteiger partial charge on any atom is 0.0101 e. The second-order valence-electron chi connectivity index (χ2n) is 4.02. The van der Waals surface area contributed by atoms with Gasteiger partial charge in [0.1, 0.15) is 0 Å². The molecule has 2 N–H and O–H groups in total. The quantitative estimate of drug-likeness (QED) is 0.543. The summed E-state index contributed by atoms with van der Waals surface area (Å²) in [5, 5.41) is 6.80. The SMILES string of the molecule is CC(C)NCCCNCCN(C)C. The number of likely N-dealkylation sites (N-methyl/N-ethyl adjacent to an activating group) is 1. The van der Waals surface area contributed by atoms with E-state index in [2.05, 4.69) is 43.5 Å². The lowest BCUT2D eigenvalue weighted by molar-refractivity contribution is 0.398. The molecule has 0 aliphatic rings. The minimum atomic E-state index is 0.613. The topological polar surface area (TPSA) is 27.3 Å². The maximum absolute atomic E-state index is 3.41. The zero-order chi connectivity index (χ0) is 10.1. The minimum absolute atomic E-state index is 0.613. The van der Waals surface area contributed by atoms with Crippen molar-refractivity contribution in [3.63, 3.8) is 0 Å². The molecule has 0 aromatic heterocycles. The zero-order valence-electron chi connectivity index (χ0n) is 9.56. The van der Waals surface area contributed by atoms with Gasteiger partial charge in [0.25, 0.3) is 0 Å². The van der Waals surface area contributed by atoms with Crippen molar-refractivity contribution in [3.05, 3.63) is 0 Å². The van der Waals surface area contributed by atoms with Crippen molar-refractivity contribution in [3.8, 4) is 0 Å². The van der Waals surface area contributed by atoms with Crippen LogP contribution in [-0.2, 0) is 0 Å². The molecule has 0 unspecified atom stereocenters. The number of nitrogens with one attached hydrogen (secondary N) is 2. The van der Waals surface area contributed by atoms with Crippen molar-refractivity contribution in [1.29, 1.82) is 0 Å². The van der Waals surface area contributed by atoms with Gasteiger partial charge in [0.15, 0.2) is 0 Å². The summed E-state index contributed by atoms with van der Waals surface area (Å²) >= 11 is 0. The van der Waals surface area contributed by atoms with E-state index in [-0.39, 0.29) is 0 Å². The molecule has 80 valence electrons. The number of hydrogen-bond acceptors (Lipinski definition) is 3. The Morgan fingerprint density at radius 3 is 2.31 bits per heavy atom. The van der Waals surface area contributed by atoms with E-state index in [1.165, 1.54) is 6.42 Å². The Morgan fingerprint density at radius 1 is 1.08 bits per heavy atom. The summed E-state index contributed by atoms with van der Waals surface area (Å²) < 4.78 is 0. The Hall–Kier alpha value is -0.120. The Labute approximate surface area is 82.9 Å². The van der Waals surface area contributed by atoms with Crippen molar-refractivity contribution in [2.45, 2.75) is 26.3 Å². The third kappa shape index (κ3) is 11.9. The highest BCUT2D eigenvalue weighted by molar-refractivity contribution is 4.55. The number of rotatable bonds is 8. The summed E-state index contributed by atoms with van der Waals surface area (Å²) in [5.41, 5.74) is 0. The smallest absolute Gasteiger partial charge is 0.0101 e. The van der Waals surface area contributed by atoms with Crippen LogP contribution in [0, 0.1) is 0 Å². The summed E-state index contributed by atoms with van der Waals surface area (Å²) in [7, 11) is 4.20. The fraction of sp³-hybridized carbons (Fsp3) is 1.00.